The van der Waals surface area contributed by atoms with E-state index in [-0.39, 0.29) is 11.0 Å². The van der Waals surface area contributed by atoms with Gasteiger partial charge in [0.2, 0.25) is 0 Å². The van der Waals surface area contributed by atoms with Crippen LogP contribution in [0.4, 0.5) is 0 Å². The number of fused-ring (bicyclic) bond motifs is 2. The molecule has 0 heterocycles. The fourth-order valence-electron chi connectivity index (χ4n) is 4.31. The molecule has 0 saturated heterocycles. The largest absolute Gasteiger partial charge is 0.369 e. The summed E-state index contributed by atoms with van der Waals surface area (Å²) in [5.74, 6) is 3.60. The molecule has 0 aromatic rings. The van der Waals surface area contributed by atoms with Crippen LogP contribution < -0.4 is 0 Å². The second kappa shape index (κ2) is 3.89. The Morgan fingerprint density at radius 1 is 1.47 bits per heavy atom. The summed E-state index contributed by atoms with van der Waals surface area (Å²) in [6, 6.07) is 0. The van der Waals surface area contributed by atoms with Gasteiger partial charge >= 0.3 is 0 Å². The predicted molar refractivity (Wildman–Crippen MR) is 71.6 cm³/mol. The number of ether oxygens (including phenoxy) is 1. The standard InChI is InChI=1S/C16H24O/c1-6-9-16(17-11-7-2)12-13-8-10-15(16,5)14(13,3)4/h1,7,13H,2,8-12H2,3-5H3/t13-,15-,16-/m1/s1. The summed E-state index contributed by atoms with van der Waals surface area (Å²) in [5, 5.41) is 0. The Morgan fingerprint density at radius 3 is 2.59 bits per heavy atom. The first-order valence-electron chi connectivity index (χ1n) is 6.62. The molecule has 2 rings (SSSR count). The van der Waals surface area contributed by atoms with Crippen LogP contribution >= 0.6 is 0 Å². The molecule has 0 radical (unpaired) electrons. The maximum Gasteiger partial charge on any atom is 0.0856 e. The molecule has 0 N–H and O–H groups in total. The highest BCUT2D eigenvalue weighted by Crippen LogP contribution is 2.71. The summed E-state index contributed by atoms with van der Waals surface area (Å²) in [5.41, 5.74) is 0.424. The Bertz CT molecular complexity index is 362. The van der Waals surface area contributed by atoms with E-state index in [4.69, 9.17) is 11.2 Å². The summed E-state index contributed by atoms with van der Waals surface area (Å²) < 4.78 is 6.19. The summed E-state index contributed by atoms with van der Waals surface area (Å²) in [6.07, 6.45) is 11.8. The number of terminal acetylenes is 1. The maximum absolute atomic E-state index is 6.19. The van der Waals surface area contributed by atoms with Gasteiger partial charge in [-0.05, 0) is 30.6 Å². The molecule has 2 fully saturated rings. The highest BCUT2D eigenvalue weighted by molar-refractivity contribution is 5.21. The molecule has 0 spiro atoms. The fraction of sp³-hybridized carbons (Fsp3) is 0.750. The van der Waals surface area contributed by atoms with Crippen LogP contribution in [0.5, 0.6) is 0 Å². The molecule has 3 atom stereocenters. The lowest BCUT2D eigenvalue weighted by Gasteiger charge is -2.47. The van der Waals surface area contributed by atoms with E-state index in [0.717, 1.165) is 18.8 Å². The van der Waals surface area contributed by atoms with Gasteiger partial charge in [-0.2, -0.15) is 0 Å². The van der Waals surface area contributed by atoms with Gasteiger partial charge in [-0.15, -0.1) is 18.9 Å². The SMILES string of the molecule is C#CC[C@@]1(OCC=C)C[C@H]2CC[C@]1(C)C2(C)C. The van der Waals surface area contributed by atoms with Crippen LogP contribution in [0.3, 0.4) is 0 Å². The van der Waals surface area contributed by atoms with Crippen molar-refractivity contribution in [2.45, 2.75) is 52.1 Å². The van der Waals surface area contributed by atoms with Crippen molar-refractivity contribution in [3.8, 4) is 12.3 Å². The molecule has 0 aromatic carbocycles. The van der Waals surface area contributed by atoms with E-state index >= 15 is 0 Å². The van der Waals surface area contributed by atoms with Crippen molar-refractivity contribution in [3.05, 3.63) is 12.7 Å². The van der Waals surface area contributed by atoms with E-state index in [1.807, 2.05) is 6.08 Å². The van der Waals surface area contributed by atoms with Gasteiger partial charge < -0.3 is 4.74 Å². The molecule has 2 saturated carbocycles. The highest BCUT2D eigenvalue weighted by atomic mass is 16.5. The summed E-state index contributed by atoms with van der Waals surface area (Å²) in [7, 11) is 0. The Kier molecular flexibility index (Phi) is 2.91. The average molecular weight is 232 g/mol. The van der Waals surface area contributed by atoms with E-state index in [1.165, 1.54) is 12.8 Å². The second-order valence-electron chi connectivity index (χ2n) is 6.47. The molecule has 0 amide bonds. The fourth-order valence-corrected chi connectivity index (χ4v) is 4.31. The molecule has 0 aromatic heterocycles. The van der Waals surface area contributed by atoms with Crippen LogP contribution in [0.2, 0.25) is 0 Å². The van der Waals surface area contributed by atoms with Gasteiger partial charge in [-0.25, -0.2) is 0 Å². The minimum Gasteiger partial charge on any atom is -0.369 e. The Balaban J connectivity index is 2.36. The van der Waals surface area contributed by atoms with Crippen LogP contribution in [0.15, 0.2) is 12.7 Å². The van der Waals surface area contributed by atoms with Crippen LogP contribution in [0.25, 0.3) is 0 Å². The molecule has 2 bridgehead atoms. The lowest BCUT2D eigenvalue weighted by atomic mass is 9.63. The van der Waals surface area contributed by atoms with Crippen molar-refractivity contribution in [2.75, 3.05) is 6.61 Å². The number of hydrogen-bond donors (Lipinski definition) is 0. The number of rotatable bonds is 4. The Labute approximate surface area is 106 Å². The van der Waals surface area contributed by atoms with E-state index in [0.29, 0.717) is 12.0 Å². The Hall–Kier alpha value is -0.740. The molecule has 94 valence electrons. The van der Waals surface area contributed by atoms with Gasteiger partial charge in [0, 0.05) is 11.8 Å². The van der Waals surface area contributed by atoms with E-state index in [9.17, 15) is 0 Å². The molecular formula is C16H24O. The maximum atomic E-state index is 6.19. The minimum atomic E-state index is -0.123. The average Bonchev–Trinajstić information content (AvgIpc) is 2.59. The molecule has 0 unspecified atom stereocenters. The smallest absolute Gasteiger partial charge is 0.0856 e. The van der Waals surface area contributed by atoms with E-state index < -0.39 is 0 Å². The first kappa shape index (κ1) is 12.7. The van der Waals surface area contributed by atoms with Crippen molar-refractivity contribution in [3.63, 3.8) is 0 Å². The van der Waals surface area contributed by atoms with Gasteiger partial charge in [-0.1, -0.05) is 26.8 Å². The zero-order valence-electron chi connectivity index (χ0n) is 11.4. The Morgan fingerprint density at radius 2 is 2.18 bits per heavy atom. The molecular weight excluding hydrogens is 208 g/mol. The zero-order chi connectivity index (χ0) is 12.7. The summed E-state index contributed by atoms with van der Waals surface area (Å²) in [6.45, 7) is 11.5. The lowest BCUT2D eigenvalue weighted by Crippen LogP contribution is -2.49. The molecule has 1 nitrogen and oxygen atoms in total. The molecule has 1 heteroatoms. The van der Waals surface area contributed by atoms with Gasteiger partial charge in [-0.3, -0.25) is 0 Å². The van der Waals surface area contributed by atoms with Crippen molar-refractivity contribution < 1.29 is 4.74 Å². The van der Waals surface area contributed by atoms with Gasteiger partial charge in [0.1, 0.15) is 0 Å². The van der Waals surface area contributed by atoms with Crippen LogP contribution in [-0.2, 0) is 4.74 Å². The van der Waals surface area contributed by atoms with E-state index in [1.54, 1.807) is 0 Å². The predicted octanol–water partition coefficient (Wildman–Crippen LogP) is 3.80. The summed E-state index contributed by atoms with van der Waals surface area (Å²) in [4.78, 5) is 0. The molecule has 0 aliphatic heterocycles. The van der Waals surface area contributed by atoms with Crippen molar-refractivity contribution >= 4 is 0 Å². The topological polar surface area (TPSA) is 9.23 Å². The summed E-state index contributed by atoms with van der Waals surface area (Å²) >= 11 is 0. The van der Waals surface area contributed by atoms with Gasteiger partial charge in [0.25, 0.3) is 0 Å². The monoisotopic (exact) mass is 232 g/mol. The minimum absolute atomic E-state index is 0.123. The zero-order valence-corrected chi connectivity index (χ0v) is 11.4. The van der Waals surface area contributed by atoms with Crippen molar-refractivity contribution in [1.29, 1.82) is 0 Å². The van der Waals surface area contributed by atoms with Gasteiger partial charge in [0.15, 0.2) is 0 Å². The van der Waals surface area contributed by atoms with Gasteiger partial charge in [0.05, 0.1) is 12.2 Å². The van der Waals surface area contributed by atoms with Crippen LogP contribution in [0.1, 0.15) is 46.5 Å². The van der Waals surface area contributed by atoms with E-state index in [2.05, 4.69) is 33.3 Å². The number of hydrogen-bond acceptors (Lipinski definition) is 1. The van der Waals surface area contributed by atoms with Crippen molar-refractivity contribution in [2.24, 2.45) is 16.7 Å². The second-order valence-corrected chi connectivity index (χ2v) is 6.47. The third kappa shape index (κ3) is 1.43. The molecule has 2 aliphatic rings. The highest BCUT2D eigenvalue weighted by Gasteiger charge is 2.69. The molecule has 2 aliphatic carbocycles. The first-order valence-corrected chi connectivity index (χ1v) is 6.62. The first-order chi connectivity index (χ1) is 7.93. The van der Waals surface area contributed by atoms with Crippen molar-refractivity contribution in [1.82, 2.24) is 0 Å². The normalized spacial score (nSPS) is 42.4. The quantitative estimate of drug-likeness (QED) is 0.529. The third-order valence-electron chi connectivity index (χ3n) is 5.88. The molecule has 17 heavy (non-hydrogen) atoms. The van der Waals surface area contributed by atoms with Crippen LogP contribution in [0, 0.1) is 29.1 Å². The lowest BCUT2D eigenvalue weighted by molar-refractivity contribution is -0.126. The third-order valence-corrected chi connectivity index (χ3v) is 5.88. The van der Waals surface area contributed by atoms with Crippen LogP contribution in [-0.4, -0.2) is 12.2 Å².